The van der Waals surface area contributed by atoms with E-state index in [9.17, 15) is 4.79 Å². The zero-order valence-electron chi connectivity index (χ0n) is 12.8. The van der Waals surface area contributed by atoms with Crippen LogP contribution in [0.2, 0.25) is 0 Å². The third kappa shape index (κ3) is 9.42. The zero-order valence-corrected chi connectivity index (χ0v) is 12.8. The van der Waals surface area contributed by atoms with E-state index >= 15 is 0 Å². The maximum absolute atomic E-state index is 11.6. The highest BCUT2D eigenvalue weighted by Crippen LogP contribution is 2.08. The predicted molar refractivity (Wildman–Crippen MR) is 75.6 cm³/mol. The van der Waals surface area contributed by atoms with Gasteiger partial charge >= 0.3 is 0 Å². The molecule has 108 valence electrons. The molecule has 0 aliphatic rings. The van der Waals surface area contributed by atoms with Crippen LogP contribution in [0, 0.1) is 11.8 Å². The minimum absolute atomic E-state index is 0.0626. The Bertz CT molecular complexity index is 234. The van der Waals surface area contributed by atoms with Gasteiger partial charge in [0.2, 0.25) is 5.91 Å². The minimum Gasteiger partial charge on any atom is -0.378 e. The topological polar surface area (TPSA) is 50.4 Å². The van der Waals surface area contributed by atoms with Crippen LogP contribution >= 0.6 is 0 Å². The molecule has 4 heteroatoms. The maximum Gasteiger partial charge on any atom is 0.223 e. The Kier molecular flexibility index (Phi) is 8.20. The van der Waals surface area contributed by atoms with E-state index in [2.05, 4.69) is 45.3 Å². The summed E-state index contributed by atoms with van der Waals surface area (Å²) in [5.41, 5.74) is 0.129. The van der Waals surface area contributed by atoms with Crippen LogP contribution in [-0.4, -0.2) is 37.7 Å². The molecule has 0 saturated carbocycles. The molecule has 0 aliphatic heterocycles. The Morgan fingerprint density at radius 2 is 1.67 bits per heavy atom. The van der Waals surface area contributed by atoms with Crippen LogP contribution < -0.4 is 10.6 Å². The van der Waals surface area contributed by atoms with E-state index in [0.29, 0.717) is 25.7 Å². The maximum atomic E-state index is 11.6. The Balaban J connectivity index is 3.44. The molecule has 18 heavy (non-hydrogen) atoms. The summed E-state index contributed by atoms with van der Waals surface area (Å²) in [4.78, 5) is 11.6. The minimum atomic E-state index is 0.0626. The summed E-state index contributed by atoms with van der Waals surface area (Å²) in [6.07, 6.45) is 0. The van der Waals surface area contributed by atoms with E-state index in [0.717, 1.165) is 6.54 Å². The number of hydrogen-bond donors (Lipinski definition) is 2. The average Bonchev–Trinajstić information content (AvgIpc) is 2.24. The molecule has 0 aliphatic carbocycles. The highest BCUT2D eigenvalue weighted by atomic mass is 16.5. The van der Waals surface area contributed by atoms with Gasteiger partial charge in [-0.05, 0) is 26.7 Å². The van der Waals surface area contributed by atoms with E-state index in [-0.39, 0.29) is 17.4 Å². The molecule has 0 heterocycles. The zero-order chi connectivity index (χ0) is 14.2. The van der Waals surface area contributed by atoms with Crippen LogP contribution in [0.3, 0.4) is 0 Å². The normalized spacial score (nSPS) is 13.7. The number of amides is 1. The molecule has 0 aromatic heterocycles. The lowest BCUT2D eigenvalue weighted by molar-refractivity contribution is -0.125. The third-order valence-corrected chi connectivity index (χ3v) is 2.86. The van der Waals surface area contributed by atoms with E-state index in [1.807, 2.05) is 6.92 Å². The predicted octanol–water partition coefficient (Wildman–Crippen LogP) is 1.80. The molecule has 0 saturated heterocycles. The molecule has 0 spiro atoms. The van der Waals surface area contributed by atoms with Crippen LogP contribution in [0.15, 0.2) is 0 Å². The van der Waals surface area contributed by atoms with Gasteiger partial charge in [0.25, 0.3) is 0 Å². The summed E-state index contributed by atoms with van der Waals surface area (Å²) in [6, 6.07) is 0. The highest BCUT2D eigenvalue weighted by Gasteiger charge is 2.15. The van der Waals surface area contributed by atoms with Crippen molar-refractivity contribution in [3.63, 3.8) is 0 Å². The van der Waals surface area contributed by atoms with Gasteiger partial charge in [0, 0.05) is 24.5 Å². The van der Waals surface area contributed by atoms with Gasteiger partial charge in [0.1, 0.15) is 0 Å². The fraction of sp³-hybridized carbons (Fsp3) is 0.929. The molecule has 0 bridgehead atoms. The van der Waals surface area contributed by atoms with Gasteiger partial charge in [-0.2, -0.15) is 0 Å². The first kappa shape index (κ1) is 17.4. The van der Waals surface area contributed by atoms with Crippen molar-refractivity contribution in [1.29, 1.82) is 0 Å². The Morgan fingerprint density at radius 3 is 2.17 bits per heavy atom. The molecular formula is C14H30N2O2. The molecule has 1 amide bonds. The van der Waals surface area contributed by atoms with Crippen molar-refractivity contribution in [2.24, 2.45) is 11.8 Å². The standard InChI is InChI=1S/C14H30N2O2/c1-11(2)12(3)13(17)15-7-9-18-10-8-16-14(4,5)6/h11-12,16H,7-10H2,1-6H3,(H,15,17). The lowest BCUT2D eigenvalue weighted by atomic mass is 9.97. The molecule has 0 aromatic carbocycles. The molecule has 2 N–H and O–H groups in total. The van der Waals surface area contributed by atoms with Crippen LogP contribution in [-0.2, 0) is 9.53 Å². The third-order valence-electron chi connectivity index (χ3n) is 2.86. The number of carbonyl (C=O) groups excluding carboxylic acids is 1. The molecule has 0 aromatic rings. The van der Waals surface area contributed by atoms with Gasteiger partial charge in [-0.25, -0.2) is 0 Å². The van der Waals surface area contributed by atoms with Crippen LogP contribution in [0.1, 0.15) is 41.5 Å². The van der Waals surface area contributed by atoms with Crippen molar-refractivity contribution >= 4 is 5.91 Å². The quantitative estimate of drug-likeness (QED) is 0.653. The van der Waals surface area contributed by atoms with Crippen molar-refractivity contribution in [3.05, 3.63) is 0 Å². The van der Waals surface area contributed by atoms with E-state index in [1.165, 1.54) is 0 Å². The number of hydrogen-bond acceptors (Lipinski definition) is 3. The van der Waals surface area contributed by atoms with Gasteiger partial charge in [0.15, 0.2) is 0 Å². The first-order chi connectivity index (χ1) is 8.24. The smallest absolute Gasteiger partial charge is 0.223 e. The monoisotopic (exact) mass is 258 g/mol. The molecule has 1 unspecified atom stereocenters. The molecule has 1 atom stereocenters. The lowest BCUT2D eigenvalue weighted by Crippen LogP contribution is -2.38. The second-order valence-corrected chi connectivity index (χ2v) is 6.11. The van der Waals surface area contributed by atoms with Gasteiger partial charge in [-0.3, -0.25) is 4.79 Å². The van der Waals surface area contributed by atoms with Gasteiger partial charge in [0.05, 0.1) is 13.2 Å². The van der Waals surface area contributed by atoms with E-state index < -0.39 is 0 Å². The SMILES string of the molecule is CC(C)C(C)C(=O)NCCOCCNC(C)(C)C. The summed E-state index contributed by atoms with van der Waals surface area (Å²) < 4.78 is 5.44. The highest BCUT2D eigenvalue weighted by molar-refractivity contribution is 5.78. The molecule has 0 fully saturated rings. The van der Waals surface area contributed by atoms with Crippen molar-refractivity contribution in [2.75, 3.05) is 26.3 Å². The van der Waals surface area contributed by atoms with E-state index in [4.69, 9.17) is 4.74 Å². The first-order valence-electron chi connectivity index (χ1n) is 6.84. The molecular weight excluding hydrogens is 228 g/mol. The number of carbonyl (C=O) groups is 1. The van der Waals surface area contributed by atoms with Gasteiger partial charge in [-0.1, -0.05) is 20.8 Å². The fourth-order valence-electron chi connectivity index (χ4n) is 1.31. The Hall–Kier alpha value is -0.610. The summed E-state index contributed by atoms with van der Waals surface area (Å²) >= 11 is 0. The van der Waals surface area contributed by atoms with Crippen molar-refractivity contribution in [2.45, 2.75) is 47.1 Å². The number of ether oxygens (including phenoxy) is 1. The lowest BCUT2D eigenvalue weighted by Gasteiger charge is -2.20. The summed E-state index contributed by atoms with van der Waals surface area (Å²) in [7, 11) is 0. The van der Waals surface area contributed by atoms with Crippen molar-refractivity contribution < 1.29 is 9.53 Å². The second kappa shape index (κ2) is 8.48. The van der Waals surface area contributed by atoms with Crippen LogP contribution in [0.5, 0.6) is 0 Å². The van der Waals surface area contributed by atoms with Crippen molar-refractivity contribution in [3.8, 4) is 0 Å². The summed E-state index contributed by atoms with van der Waals surface area (Å²) in [5, 5.41) is 6.23. The molecule has 0 rings (SSSR count). The number of nitrogens with one attached hydrogen (secondary N) is 2. The Labute approximate surface area is 112 Å². The van der Waals surface area contributed by atoms with Gasteiger partial charge < -0.3 is 15.4 Å². The summed E-state index contributed by atoms with van der Waals surface area (Å²) in [6.45, 7) is 15.1. The van der Waals surface area contributed by atoms with Crippen LogP contribution in [0.4, 0.5) is 0 Å². The molecule has 4 nitrogen and oxygen atoms in total. The van der Waals surface area contributed by atoms with Crippen LogP contribution in [0.25, 0.3) is 0 Å². The fourth-order valence-corrected chi connectivity index (χ4v) is 1.31. The van der Waals surface area contributed by atoms with Gasteiger partial charge in [-0.15, -0.1) is 0 Å². The van der Waals surface area contributed by atoms with Crippen molar-refractivity contribution in [1.82, 2.24) is 10.6 Å². The molecule has 0 radical (unpaired) electrons. The van der Waals surface area contributed by atoms with E-state index in [1.54, 1.807) is 0 Å². The first-order valence-corrected chi connectivity index (χ1v) is 6.84. The Morgan fingerprint density at radius 1 is 1.11 bits per heavy atom. The number of rotatable bonds is 8. The second-order valence-electron chi connectivity index (χ2n) is 6.11. The average molecular weight is 258 g/mol. The largest absolute Gasteiger partial charge is 0.378 e. The summed E-state index contributed by atoms with van der Waals surface area (Å²) in [5.74, 6) is 0.552.